The van der Waals surface area contributed by atoms with E-state index in [2.05, 4.69) is 0 Å². The van der Waals surface area contributed by atoms with E-state index in [9.17, 15) is 4.79 Å². The maximum absolute atomic E-state index is 12.1. The Balaban J connectivity index is 2.06. The van der Waals surface area contributed by atoms with Crippen LogP contribution in [0.3, 0.4) is 0 Å². The van der Waals surface area contributed by atoms with E-state index in [1.165, 1.54) is 12.8 Å². The van der Waals surface area contributed by atoms with E-state index in [1.54, 1.807) is 0 Å². The van der Waals surface area contributed by atoms with Gasteiger partial charge in [-0.2, -0.15) is 0 Å². The van der Waals surface area contributed by atoms with E-state index in [-0.39, 0.29) is 5.91 Å². The van der Waals surface area contributed by atoms with Gasteiger partial charge in [-0.15, -0.1) is 0 Å². The molecule has 0 bridgehead atoms. The normalized spacial score (nSPS) is 16.9. The monoisotopic (exact) mass is 201 g/mol. The zero-order valence-electron chi connectivity index (χ0n) is 8.98. The number of carbonyl (C=O) groups excluding carboxylic acids is 1. The first-order valence-electron chi connectivity index (χ1n) is 5.72. The van der Waals surface area contributed by atoms with Crippen LogP contribution >= 0.6 is 0 Å². The number of likely N-dealkylation sites (tertiary alicyclic amines) is 1. The minimum atomic E-state index is 0.192. The Hall–Kier alpha value is -1.12. The summed E-state index contributed by atoms with van der Waals surface area (Å²) in [6, 6.07) is 3.82. The summed E-state index contributed by atoms with van der Waals surface area (Å²) in [4.78, 5) is 14.1. The average molecular weight is 201 g/mol. The van der Waals surface area contributed by atoms with Crippen molar-refractivity contribution in [2.75, 3.05) is 13.1 Å². The van der Waals surface area contributed by atoms with Gasteiger partial charge in [-0.1, -0.05) is 0 Å². The van der Waals surface area contributed by atoms with Crippen molar-refractivity contribution in [3.63, 3.8) is 0 Å². The fourth-order valence-corrected chi connectivity index (χ4v) is 2.04. The van der Waals surface area contributed by atoms with Crippen LogP contribution in [0.5, 0.6) is 0 Å². The molecule has 3 heteroatoms. The van der Waals surface area contributed by atoms with Crippen LogP contribution in [0.1, 0.15) is 36.0 Å². The molecule has 1 aromatic heterocycles. The first-order chi connectivity index (χ1) is 7.38. The molecule has 2 heterocycles. The zero-order chi connectivity index (χ0) is 10.5. The third kappa shape index (κ3) is 2.68. The van der Waals surface area contributed by atoms with E-state index < -0.39 is 0 Å². The molecule has 0 atom stereocenters. The van der Waals surface area contributed by atoms with Gasteiger partial charge in [0.05, 0.1) is 0 Å². The summed E-state index contributed by atoms with van der Waals surface area (Å²) >= 11 is 0. The number of hydrogen-bond acceptors (Lipinski definition) is 1. The molecule has 0 saturated carbocycles. The predicted molar refractivity (Wildman–Crippen MR) is 62.2 cm³/mol. The van der Waals surface area contributed by atoms with Crippen LogP contribution in [0, 0.1) is 0 Å². The topological polar surface area (TPSA) is 20.3 Å². The number of carbonyl (C=O) groups is 1. The van der Waals surface area contributed by atoms with E-state index in [1.807, 2.05) is 35.9 Å². The number of rotatable bonds is 1. The third-order valence-electron chi connectivity index (χ3n) is 2.91. The second-order valence-electron chi connectivity index (χ2n) is 4.07. The summed E-state index contributed by atoms with van der Waals surface area (Å²) in [6.45, 7) is 3.77. The van der Waals surface area contributed by atoms with E-state index in [0.717, 1.165) is 31.5 Å². The van der Waals surface area contributed by atoms with Gasteiger partial charge in [-0.3, -0.25) is 0 Å². The van der Waals surface area contributed by atoms with Gasteiger partial charge in [0.2, 0.25) is 0 Å². The summed E-state index contributed by atoms with van der Waals surface area (Å²) in [5.41, 5.74) is 0.819. The van der Waals surface area contributed by atoms with E-state index in [0.29, 0.717) is 0 Å². The van der Waals surface area contributed by atoms with Crippen molar-refractivity contribution < 1.29 is 4.79 Å². The summed E-state index contributed by atoms with van der Waals surface area (Å²) in [7, 11) is 0. The molecule has 1 aliphatic heterocycles. The van der Waals surface area contributed by atoms with Gasteiger partial charge in [0.1, 0.15) is 0 Å². The van der Waals surface area contributed by atoms with Crippen molar-refractivity contribution >= 4 is 12.8 Å². The molecule has 0 aromatic carbocycles. The van der Waals surface area contributed by atoms with Gasteiger partial charge in [0, 0.05) is 0 Å². The van der Waals surface area contributed by atoms with E-state index >= 15 is 0 Å². The van der Waals surface area contributed by atoms with Crippen molar-refractivity contribution in [2.24, 2.45) is 0 Å². The minimum absolute atomic E-state index is 0.192. The second kappa shape index (κ2) is 5.10. The Kier molecular flexibility index (Phi) is 3.54. The van der Waals surface area contributed by atoms with Crippen LogP contribution in [-0.2, 0) is 0 Å². The molecule has 2 rings (SSSR count). The molecule has 1 saturated heterocycles. The molecular weight excluding hydrogens is 185 g/mol. The van der Waals surface area contributed by atoms with Gasteiger partial charge >= 0.3 is 90.9 Å². The van der Waals surface area contributed by atoms with Crippen molar-refractivity contribution in [3.8, 4) is 0 Å². The first-order valence-corrected chi connectivity index (χ1v) is 5.72. The van der Waals surface area contributed by atoms with Crippen LogP contribution in [0.15, 0.2) is 24.1 Å². The van der Waals surface area contributed by atoms with Crippen molar-refractivity contribution in [1.82, 2.24) is 4.90 Å². The fraction of sp³-hybridized carbons (Fsp3) is 0.500. The van der Waals surface area contributed by atoms with Crippen molar-refractivity contribution in [3.05, 3.63) is 29.6 Å². The molecule has 0 unspecified atom stereocenters. The Bertz CT molecular complexity index is 318. The van der Waals surface area contributed by atoms with Crippen LogP contribution in [-0.4, -0.2) is 30.8 Å². The summed E-state index contributed by atoms with van der Waals surface area (Å²) in [5, 5.41) is 0. The summed E-state index contributed by atoms with van der Waals surface area (Å²) in [6.07, 6.45) is 4.83. The van der Waals surface area contributed by atoms with Crippen LogP contribution in [0.25, 0.3) is 0 Å². The second-order valence-corrected chi connectivity index (χ2v) is 4.07. The predicted octanol–water partition coefficient (Wildman–Crippen LogP) is 2.04. The van der Waals surface area contributed by atoms with E-state index in [4.69, 9.17) is 0 Å². The molecule has 0 spiro atoms. The molecule has 1 fully saturated rings. The molecule has 2 nitrogen and oxygen atoms in total. The Morgan fingerprint density at radius 3 is 2.53 bits per heavy atom. The molecule has 78 valence electrons. The molecule has 1 aliphatic rings. The first kappa shape index (κ1) is 10.4. The molecule has 0 radical (unpaired) electrons. The quantitative estimate of drug-likeness (QED) is 0.680. The standard InChI is InChI=1S/C12H16BNO/c15-12(11-6-5-7-13-10-11)14-8-3-1-2-4-9-14/h5-7,10H,1-4,8-9H2. The van der Waals surface area contributed by atoms with Gasteiger partial charge in [0.25, 0.3) is 0 Å². The number of nitrogens with zero attached hydrogens (tertiary/aromatic N) is 1. The summed E-state index contributed by atoms with van der Waals surface area (Å²) < 4.78 is 0. The maximum atomic E-state index is 12.1. The van der Waals surface area contributed by atoms with Crippen molar-refractivity contribution in [1.29, 1.82) is 0 Å². The molecule has 0 N–H and O–H groups in total. The van der Waals surface area contributed by atoms with Crippen LogP contribution in [0.2, 0.25) is 0 Å². The zero-order valence-corrected chi connectivity index (χ0v) is 8.98. The average Bonchev–Trinajstić information content (AvgIpc) is 2.58. The molecule has 1 aromatic rings. The van der Waals surface area contributed by atoms with Crippen LogP contribution < -0.4 is 0 Å². The van der Waals surface area contributed by atoms with Gasteiger partial charge in [-0.05, 0) is 0 Å². The number of hydrogen-bond donors (Lipinski definition) is 0. The fourth-order valence-electron chi connectivity index (χ4n) is 2.04. The molecule has 15 heavy (non-hydrogen) atoms. The van der Waals surface area contributed by atoms with Gasteiger partial charge in [0.15, 0.2) is 0 Å². The molecular formula is C12H16BNO. The SMILES string of the molecule is O=C(c1cbccc1)N1CCCCCC1. The van der Waals surface area contributed by atoms with Crippen molar-refractivity contribution in [2.45, 2.75) is 25.7 Å². The summed E-state index contributed by atoms with van der Waals surface area (Å²) in [5.74, 6) is 4.03. The Morgan fingerprint density at radius 1 is 1.20 bits per heavy atom. The van der Waals surface area contributed by atoms with Crippen LogP contribution in [0.4, 0.5) is 0 Å². The Morgan fingerprint density at radius 2 is 1.93 bits per heavy atom. The van der Waals surface area contributed by atoms with Gasteiger partial charge in [-0.25, -0.2) is 0 Å². The Labute approximate surface area is 91.5 Å². The number of amides is 1. The third-order valence-corrected chi connectivity index (χ3v) is 2.91. The molecule has 1 amide bonds. The molecule has 0 aliphatic carbocycles. The van der Waals surface area contributed by atoms with Gasteiger partial charge < -0.3 is 0 Å².